The molecule has 0 saturated carbocycles. The lowest BCUT2D eigenvalue weighted by Gasteiger charge is -2.05. The van der Waals surface area contributed by atoms with E-state index in [1.807, 2.05) is 0 Å². The van der Waals surface area contributed by atoms with E-state index >= 15 is 0 Å². The Balaban J connectivity index is 2.70. The summed E-state index contributed by atoms with van der Waals surface area (Å²) >= 11 is 5.12. The van der Waals surface area contributed by atoms with E-state index in [1.54, 1.807) is 0 Å². The molecule has 2 rings (SSSR count). The fourth-order valence-electron chi connectivity index (χ4n) is 1.49. The number of carbonyl (C=O) groups excluding carboxylic acids is 1. The van der Waals surface area contributed by atoms with Crippen LogP contribution >= 0.6 is 11.6 Å². The SMILES string of the molecule is O=C(Cl)Cc1c(F)cc2ncccc2c1F. The minimum Gasteiger partial charge on any atom is -0.281 e. The van der Waals surface area contributed by atoms with E-state index in [4.69, 9.17) is 11.6 Å². The van der Waals surface area contributed by atoms with Crippen molar-refractivity contribution in [2.24, 2.45) is 0 Å². The maximum atomic E-state index is 13.8. The Morgan fingerprint density at radius 3 is 2.88 bits per heavy atom. The second-order valence-corrected chi connectivity index (χ2v) is 3.67. The number of hydrogen-bond acceptors (Lipinski definition) is 2. The number of rotatable bonds is 2. The maximum Gasteiger partial charge on any atom is 0.226 e. The first-order valence-electron chi connectivity index (χ1n) is 4.49. The van der Waals surface area contributed by atoms with E-state index in [9.17, 15) is 13.6 Å². The first kappa shape index (κ1) is 11.0. The van der Waals surface area contributed by atoms with Gasteiger partial charge in [0.05, 0.1) is 11.9 Å². The van der Waals surface area contributed by atoms with Crippen molar-refractivity contribution in [3.8, 4) is 0 Å². The lowest BCUT2D eigenvalue weighted by Crippen LogP contribution is -2.02. The molecule has 0 bridgehead atoms. The largest absolute Gasteiger partial charge is 0.281 e. The molecule has 1 aromatic carbocycles. The first-order chi connectivity index (χ1) is 7.59. The third kappa shape index (κ3) is 1.88. The maximum absolute atomic E-state index is 13.8. The van der Waals surface area contributed by atoms with Gasteiger partial charge in [-0.3, -0.25) is 9.78 Å². The van der Waals surface area contributed by atoms with Crippen molar-refractivity contribution in [2.75, 3.05) is 0 Å². The van der Waals surface area contributed by atoms with Gasteiger partial charge in [-0.25, -0.2) is 8.78 Å². The molecule has 0 saturated heterocycles. The zero-order valence-corrected chi connectivity index (χ0v) is 8.76. The predicted molar refractivity (Wildman–Crippen MR) is 56.2 cm³/mol. The fraction of sp³-hybridized carbons (Fsp3) is 0.0909. The number of fused-ring (bicyclic) bond motifs is 1. The molecule has 82 valence electrons. The van der Waals surface area contributed by atoms with Gasteiger partial charge in [0.2, 0.25) is 5.24 Å². The van der Waals surface area contributed by atoms with Crippen LogP contribution in [0.4, 0.5) is 8.78 Å². The molecule has 0 atom stereocenters. The molecule has 0 radical (unpaired) electrons. The average Bonchev–Trinajstić information content (AvgIpc) is 2.24. The van der Waals surface area contributed by atoms with Crippen LogP contribution in [-0.2, 0) is 11.2 Å². The lowest BCUT2D eigenvalue weighted by molar-refractivity contribution is -0.111. The van der Waals surface area contributed by atoms with Gasteiger partial charge in [0.15, 0.2) is 0 Å². The third-order valence-electron chi connectivity index (χ3n) is 2.21. The molecule has 1 heterocycles. The Morgan fingerprint density at radius 1 is 1.44 bits per heavy atom. The summed E-state index contributed by atoms with van der Waals surface area (Å²) in [5, 5.41) is -0.627. The molecule has 0 aliphatic rings. The first-order valence-corrected chi connectivity index (χ1v) is 4.87. The zero-order valence-electron chi connectivity index (χ0n) is 8.01. The van der Waals surface area contributed by atoms with Crippen molar-refractivity contribution in [2.45, 2.75) is 6.42 Å². The van der Waals surface area contributed by atoms with Crippen LogP contribution in [0.25, 0.3) is 10.9 Å². The van der Waals surface area contributed by atoms with Gasteiger partial charge < -0.3 is 0 Å². The summed E-state index contributed by atoms with van der Waals surface area (Å²) in [6.07, 6.45) is 0.970. The van der Waals surface area contributed by atoms with Crippen LogP contribution in [0.15, 0.2) is 24.4 Å². The highest BCUT2D eigenvalue weighted by atomic mass is 35.5. The van der Waals surface area contributed by atoms with Crippen LogP contribution in [0.2, 0.25) is 0 Å². The molecule has 2 nitrogen and oxygen atoms in total. The highest BCUT2D eigenvalue weighted by Gasteiger charge is 2.16. The van der Waals surface area contributed by atoms with E-state index in [0.717, 1.165) is 6.07 Å². The second kappa shape index (κ2) is 4.14. The minimum absolute atomic E-state index is 0.178. The second-order valence-electron chi connectivity index (χ2n) is 3.25. The van der Waals surface area contributed by atoms with Crippen LogP contribution in [0.5, 0.6) is 0 Å². The van der Waals surface area contributed by atoms with Gasteiger partial charge in [-0.05, 0) is 23.7 Å². The van der Waals surface area contributed by atoms with Crippen molar-refractivity contribution < 1.29 is 13.6 Å². The molecule has 0 N–H and O–H groups in total. The molecular weight excluding hydrogens is 236 g/mol. The molecule has 0 spiro atoms. The Labute approximate surface area is 94.9 Å². The van der Waals surface area contributed by atoms with Gasteiger partial charge >= 0.3 is 0 Å². The minimum atomic E-state index is -0.808. The standard InChI is InChI=1S/C11H6ClF2NO/c12-10(16)4-7-8(13)5-9-6(11(7)14)2-1-3-15-9/h1-3,5H,4H2. The number of halogens is 3. The van der Waals surface area contributed by atoms with Crippen molar-refractivity contribution in [3.63, 3.8) is 0 Å². The number of nitrogens with zero attached hydrogens (tertiary/aromatic N) is 1. The number of aromatic nitrogens is 1. The molecule has 0 fully saturated rings. The summed E-state index contributed by atoms with van der Waals surface area (Å²) in [4.78, 5) is 14.5. The van der Waals surface area contributed by atoms with Crippen molar-refractivity contribution in [1.82, 2.24) is 4.98 Å². The number of hydrogen-bond donors (Lipinski definition) is 0. The topological polar surface area (TPSA) is 30.0 Å². The molecule has 5 heteroatoms. The molecule has 2 aromatic rings. The zero-order chi connectivity index (χ0) is 11.7. The summed E-state index contributed by atoms with van der Waals surface area (Å²) in [6.45, 7) is 0. The van der Waals surface area contributed by atoms with Crippen molar-refractivity contribution >= 4 is 27.7 Å². The number of carbonyl (C=O) groups is 1. The van der Waals surface area contributed by atoms with Crippen molar-refractivity contribution in [3.05, 3.63) is 41.6 Å². The molecule has 1 aromatic heterocycles. The van der Waals surface area contributed by atoms with Crippen LogP contribution in [0, 0.1) is 11.6 Å². The van der Waals surface area contributed by atoms with Crippen molar-refractivity contribution in [1.29, 1.82) is 0 Å². The molecule has 0 aliphatic heterocycles. The average molecular weight is 242 g/mol. The van der Waals surface area contributed by atoms with E-state index in [2.05, 4.69) is 4.98 Å². The molecule has 0 unspecified atom stereocenters. The highest BCUT2D eigenvalue weighted by Crippen LogP contribution is 2.23. The van der Waals surface area contributed by atoms with Crippen LogP contribution in [0.1, 0.15) is 5.56 Å². The number of pyridine rings is 1. The van der Waals surface area contributed by atoms with E-state index in [0.29, 0.717) is 0 Å². The molecule has 0 amide bonds. The quantitative estimate of drug-likeness (QED) is 0.757. The van der Waals surface area contributed by atoms with Crippen LogP contribution < -0.4 is 0 Å². The van der Waals surface area contributed by atoms with Gasteiger partial charge in [0.25, 0.3) is 0 Å². The predicted octanol–water partition coefficient (Wildman–Crippen LogP) is 2.82. The Hall–Kier alpha value is -1.55. The van der Waals surface area contributed by atoms with Crippen LogP contribution in [0.3, 0.4) is 0 Å². The van der Waals surface area contributed by atoms with E-state index in [1.165, 1.54) is 18.3 Å². The summed E-state index contributed by atoms with van der Waals surface area (Å²) in [6, 6.07) is 4.10. The number of benzene rings is 1. The Bertz CT molecular complexity index is 571. The summed E-state index contributed by atoms with van der Waals surface area (Å²) in [5.74, 6) is -1.59. The van der Waals surface area contributed by atoms with Crippen LogP contribution in [-0.4, -0.2) is 10.2 Å². The van der Waals surface area contributed by atoms with Gasteiger partial charge in [-0.1, -0.05) is 0 Å². The smallest absolute Gasteiger partial charge is 0.226 e. The summed E-state index contributed by atoms with van der Waals surface area (Å²) < 4.78 is 27.2. The highest BCUT2D eigenvalue weighted by molar-refractivity contribution is 6.63. The Morgan fingerprint density at radius 2 is 2.19 bits per heavy atom. The van der Waals surface area contributed by atoms with Gasteiger partial charge in [-0.2, -0.15) is 0 Å². The summed E-state index contributed by atoms with van der Waals surface area (Å²) in [5.41, 5.74) is -0.108. The van der Waals surface area contributed by atoms with E-state index < -0.39 is 23.3 Å². The van der Waals surface area contributed by atoms with Gasteiger partial charge in [0, 0.05) is 23.2 Å². The van der Waals surface area contributed by atoms with E-state index in [-0.39, 0.29) is 16.5 Å². The fourth-order valence-corrected chi connectivity index (χ4v) is 1.63. The lowest BCUT2D eigenvalue weighted by atomic mass is 10.1. The molecular formula is C11H6ClF2NO. The normalized spacial score (nSPS) is 10.7. The third-order valence-corrected chi connectivity index (χ3v) is 2.34. The van der Waals surface area contributed by atoms with Gasteiger partial charge in [0.1, 0.15) is 11.6 Å². The molecule has 16 heavy (non-hydrogen) atoms. The van der Waals surface area contributed by atoms with Gasteiger partial charge in [-0.15, -0.1) is 0 Å². The summed E-state index contributed by atoms with van der Waals surface area (Å²) in [7, 11) is 0. The monoisotopic (exact) mass is 241 g/mol. The molecule has 0 aliphatic carbocycles. The Kier molecular flexibility index (Phi) is 2.83.